The average molecular weight is 347 g/mol. The highest BCUT2D eigenvalue weighted by Crippen LogP contribution is 2.25. The number of hydrogen-bond acceptors (Lipinski definition) is 3. The average Bonchev–Trinajstić information content (AvgIpc) is 2.59. The molecule has 0 amide bonds. The molecule has 0 aliphatic carbocycles. The highest BCUT2D eigenvalue weighted by Gasteiger charge is 2.23. The molecule has 130 valence electrons. The van der Waals surface area contributed by atoms with Crippen LogP contribution in [0.4, 0.5) is 5.69 Å². The first-order valence-corrected chi connectivity index (χ1v) is 9.71. The number of sulfonamides is 1. The number of rotatable bonds is 8. The predicted molar refractivity (Wildman–Crippen MR) is 98.9 cm³/mol. The molecule has 0 atom stereocenters. The van der Waals surface area contributed by atoms with Gasteiger partial charge in [0, 0.05) is 0 Å². The fraction of sp³-hybridized carbons (Fsp3) is 0.368. The molecule has 24 heavy (non-hydrogen) atoms. The van der Waals surface area contributed by atoms with Crippen molar-refractivity contribution in [1.82, 2.24) is 0 Å². The molecule has 0 aliphatic rings. The molecule has 0 aromatic heterocycles. The molecule has 0 fully saturated rings. The Bertz CT molecular complexity index is 725. The molecular formula is C19H25NO3S. The van der Waals surface area contributed by atoms with Crippen LogP contribution in [-0.2, 0) is 16.6 Å². The lowest BCUT2D eigenvalue weighted by atomic mass is 10.2. The van der Waals surface area contributed by atoms with Gasteiger partial charge in [0.2, 0.25) is 10.0 Å². The van der Waals surface area contributed by atoms with E-state index < -0.39 is 10.0 Å². The van der Waals surface area contributed by atoms with E-state index in [4.69, 9.17) is 4.74 Å². The predicted octanol–water partition coefficient (Wildman–Crippen LogP) is 4.08. The molecule has 0 spiro atoms. The highest BCUT2D eigenvalue weighted by molar-refractivity contribution is 7.92. The quantitative estimate of drug-likeness (QED) is 0.723. The third kappa shape index (κ3) is 4.99. The number of nitrogens with zero attached hydrogens (tertiary/aromatic N) is 1. The van der Waals surface area contributed by atoms with Gasteiger partial charge >= 0.3 is 0 Å². The lowest BCUT2D eigenvalue weighted by Crippen LogP contribution is -2.33. The van der Waals surface area contributed by atoms with Crippen LogP contribution in [0.3, 0.4) is 0 Å². The molecule has 0 saturated carbocycles. The maximum absolute atomic E-state index is 12.9. The summed E-state index contributed by atoms with van der Waals surface area (Å²) in [7, 11) is -1.80. The van der Waals surface area contributed by atoms with Crippen molar-refractivity contribution < 1.29 is 13.2 Å². The highest BCUT2D eigenvalue weighted by atomic mass is 32.2. The summed E-state index contributed by atoms with van der Waals surface area (Å²) in [6, 6.07) is 16.8. The largest absolute Gasteiger partial charge is 0.497 e. The minimum absolute atomic E-state index is 0.142. The summed E-state index contributed by atoms with van der Waals surface area (Å²) in [4.78, 5) is 0. The summed E-state index contributed by atoms with van der Waals surface area (Å²) in [5.41, 5.74) is 1.62. The van der Waals surface area contributed by atoms with Crippen molar-refractivity contribution in [1.29, 1.82) is 0 Å². The zero-order valence-corrected chi connectivity index (χ0v) is 15.3. The fourth-order valence-corrected chi connectivity index (χ4v) is 4.12. The molecule has 2 aromatic carbocycles. The first-order valence-electron chi connectivity index (χ1n) is 8.11. The van der Waals surface area contributed by atoms with E-state index in [-0.39, 0.29) is 5.75 Å². The standard InChI is InChI=1S/C19H25NO3S/c1-16(2)13-14-24(21,22)20(15-17-7-5-4-6-8-17)18-9-11-19(23-3)12-10-18/h4-12,16H,13-15H2,1-3H3. The van der Waals surface area contributed by atoms with Gasteiger partial charge in [0.25, 0.3) is 0 Å². The minimum Gasteiger partial charge on any atom is -0.497 e. The molecule has 0 unspecified atom stereocenters. The molecule has 2 aromatic rings. The second kappa shape index (κ2) is 8.20. The van der Waals surface area contributed by atoms with E-state index >= 15 is 0 Å². The molecule has 5 heteroatoms. The van der Waals surface area contributed by atoms with Crippen molar-refractivity contribution in [2.75, 3.05) is 17.2 Å². The summed E-state index contributed by atoms with van der Waals surface area (Å²) < 4.78 is 32.4. The van der Waals surface area contributed by atoms with Crippen LogP contribution in [0.15, 0.2) is 54.6 Å². The van der Waals surface area contributed by atoms with E-state index in [1.807, 2.05) is 44.2 Å². The van der Waals surface area contributed by atoms with Crippen LogP contribution < -0.4 is 9.04 Å². The number of benzene rings is 2. The monoisotopic (exact) mass is 347 g/mol. The van der Waals surface area contributed by atoms with Crippen LogP contribution in [0.5, 0.6) is 5.75 Å². The minimum atomic E-state index is -3.40. The Hall–Kier alpha value is -2.01. The summed E-state index contributed by atoms with van der Waals surface area (Å²) in [6.45, 7) is 4.39. The van der Waals surface area contributed by atoms with Crippen LogP contribution >= 0.6 is 0 Å². The van der Waals surface area contributed by atoms with Gasteiger partial charge in [-0.3, -0.25) is 4.31 Å². The second-order valence-electron chi connectivity index (χ2n) is 6.19. The molecule has 2 rings (SSSR count). The van der Waals surface area contributed by atoms with Crippen LogP contribution in [0.25, 0.3) is 0 Å². The topological polar surface area (TPSA) is 46.6 Å². The smallest absolute Gasteiger partial charge is 0.235 e. The summed E-state index contributed by atoms with van der Waals surface area (Å²) in [6.07, 6.45) is 0.643. The molecule has 0 saturated heterocycles. The van der Waals surface area contributed by atoms with Gasteiger partial charge in [0.15, 0.2) is 0 Å². The third-order valence-electron chi connectivity index (χ3n) is 3.82. The van der Waals surface area contributed by atoms with Crippen molar-refractivity contribution in [3.8, 4) is 5.75 Å². The molecule has 0 heterocycles. The maximum Gasteiger partial charge on any atom is 0.235 e. The molecule has 0 aliphatic heterocycles. The van der Waals surface area contributed by atoms with Crippen molar-refractivity contribution in [2.24, 2.45) is 5.92 Å². The summed E-state index contributed by atoms with van der Waals surface area (Å²) >= 11 is 0. The Morgan fingerprint density at radius 3 is 2.17 bits per heavy atom. The number of anilines is 1. The lowest BCUT2D eigenvalue weighted by Gasteiger charge is -2.25. The van der Waals surface area contributed by atoms with E-state index in [9.17, 15) is 8.42 Å². The zero-order valence-electron chi connectivity index (χ0n) is 14.5. The van der Waals surface area contributed by atoms with Gasteiger partial charge in [-0.15, -0.1) is 0 Å². The molecule has 0 N–H and O–H groups in total. The van der Waals surface area contributed by atoms with Crippen LogP contribution in [0.2, 0.25) is 0 Å². The van der Waals surface area contributed by atoms with Crippen molar-refractivity contribution >= 4 is 15.7 Å². The molecular weight excluding hydrogens is 322 g/mol. The van der Waals surface area contributed by atoms with E-state index in [0.29, 0.717) is 30.3 Å². The van der Waals surface area contributed by atoms with Gasteiger partial charge in [-0.05, 0) is 42.2 Å². The Morgan fingerprint density at radius 2 is 1.62 bits per heavy atom. The molecule has 0 radical (unpaired) electrons. The van der Waals surface area contributed by atoms with E-state index in [0.717, 1.165) is 5.56 Å². The number of hydrogen-bond donors (Lipinski definition) is 0. The Labute approximate surface area is 145 Å². The maximum atomic E-state index is 12.9. The van der Waals surface area contributed by atoms with Crippen LogP contribution in [-0.4, -0.2) is 21.3 Å². The second-order valence-corrected chi connectivity index (χ2v) is 8.20. The fourth-order valence-electron chi connectivity index (χ4n) is 2.34. The summed E-state index contributed by atoms with van der Waals surface area (Å²) in [5, 5.41) is 0. The van der Waals surface area contributed by atoms with Crippen LogP contribution in [0, 0.1) is 5.92 Å². The van der Waals surface area contributed by atoms with Crippen molar-refractivity contribution in [3.63, 3.8) is 0 Å². The van der Waals surface area contributed by atoms with Gasteiger partial charge in [-0.1, -0.05) is 44.2 Å². The normalized spacial score (nSPS) is 11.5. The molecule has 4 nitrogen and oxygen atoms in total. The van der Waals surface area contributed by atoms with Crippen molar-refractivity contribution in [2.45, 2.75) is 26.8 Å². The Morgan fingerprint density at radius 1 is 1.00 bits per heavy atom. The Balaban J connectivity index is 2.32. The SMILES string of the molecule is COc1ccc(N(Cc2ccccc2)S(=O)(=O)CCC(C)C)cc1. The van der Waals surface area contributed by atoms with Gasteiger partial charge in [-0.25, -0.2) is 8.42 Å². The number of ether oxygens (including phenoxy) is 1. The van der Waals surface area contributed by atoms with Crippen molar-refractivity contribution in [3.05, 3.63) is 60.2 Å². The lowest BCUT2D eigenvalue weighted by molar-refractivity contribution is 0.415. The van der Waals surface area contributed by atoms with Gasteiger partial charge in [-0.2, -0.15) is 0 Å². The first kappa shape index (κ1) is 18.3. The first-order chi connectivity index (χ1) is 11.4. The van der Waals surface area contributed by atoms with E-state index in [1.165, 1.54) is 4.31 Å². The zero-order chi connectivity index (χ0) is 17.6. The van der Waals surface area contributed by atoms with Gasteiger partial charge < -0.3 is 4.74 Å². The molecule has 0 bridgehead atoms. The van der Waals surface area contributed by atoms with Gasteiger partial charge in [0.05, 0.1) is 25.1 Å². The van der Waals surface area contributed by atoms with Crippen LogP contribution in [0.1, 0.15) is 25.8 Å². The Kier molecular flexibility index (Phi) is 6.26. The van der Waals surface area contributed by atoms with E-state index in [2.05, 4.69) is 0 Å². The van der Waals surface area contributed by atoms with E-state index in [1.54, 1.807) is 31.4 Å². The number of methoxy groups -OCH3 is 1. The summed E-state index contributed by atoms with van der Waals surface area (Å²) in [5.74, 6) is 1.19. The third-order valence-corrected chi connectivity index (χ3v) is 5.58. The van der Waals surface area contributed by atoms with Gasteiger partial charge in [0.1, 0.15) is 5.75 Å².